The summed E-state index contributed by atoms with van der Waals surface area (Å²) in [7, 11) is -1.13. The highest BCUT2D eigenvalue weighted by molar-refractivity contribution is 9.13. The fourth-order valence-corrected chi connectivity index (χ4v) is 2.72. The molecule has 0 aliphatic heterocycles. The van der Waals surface area contributed by atoms with E-state index >= 15 is 0 Å². The summed E-state index contributed by atoms with van der Waals surface area (Å²) in [5, 5.41) is 9.02. The average Bonchev–Trinajstić information content (AvgIpc) is 2.50. The first-order chi connectivity index (χ1) is 8.22. The molecule has 0 saturated heterocycles. The summed E-state index contributed by atoms with van der Waals surface area (Å²) in [5.41, 5.74) is 0. The standard InChI is InChI=1S/C10H16Br2N2O3Si/c1-18(2,3)5-4-17-6-14-8(12)7(11)13-9(14)10(15)16/h4-6H2,1-3H3,(H,15,16). The van der Waals surface area contributed by atoms with Gasteiger partial charge in [-0.3, -0.25) is 4.57 Å². The van der Waals surface area contributed by atoms with E-state index in [4.69, 9.17) is 9.84 Å². The van der Waals surface area contributed by atoms with Crippen molar-refractivity contribution in [2.75, 3.05) is 6.61 Å². The molecule has 0 bridgehead atoms. The number of imidazole rings is 1. The minimum Gasteiger partial charge on any atom is -0.475 e. The normalized spacial score (nSPS) is 11.8. The number of rotatable bonds is 6. The van der Waals surface area contributed by atoms with E-state index in [9.17, 15) is 4.79 Å². The molecular weight excluding hydrogens is 384 g/mol. The highest BCUT2D eigenvalue weighted by Gasteiger charge is 2.19. The van der Waals surface area contributed by atoms with Crippen LogP contribution in [0.3, 0.4) is 0 Å². The molecule has 8 heteroatoms. The van der Waals surface area contributed by atoms with E-state index < -0.39 is 14.0 Å². The number of hydrogen-bond acceptors (Lipinski definition) is 3. The third-order valence-corrected chi connectivity index (χ3v) is 5.87. The van der Waals surface area contributed by atoms with Crippen LogP contribution in [0.1, 0.15) is 10.6 Å². The Hall–Kier alpha value is -0.183. The van der Waals surface area contributed by atoms with Gasteiger partial charge < -0.3 is 9.84 Å². The maximum Gasteiger partial charge on any atom is 0.372 e. The third kappa shape index (κ3) is 4.49. The Balaban J connectivity index is 2.64. The average molecular weight is 400 g/mol. The molecule has 0 fully saturated rings. The summed E-state index contributed by atoms with van der Waals surface area (Å²) in [4.78, 5) is 14.9. The van der Waals surface area contributed by atoms with E-state index in [0.717, 1.165) is 6.04 Å². The van der Waals surface area contributed by atoms with Crippen molar-refractivity contribution in [3.63, 3.8) is 0 Å². The lowest BCUT2D eigenvalue weighted by Gasteiger charge is -2.16. The molecule has 0 saturated carbocycles. The molecule has 102 valence electrons. The number of aromatic nitrogens is 2. The molecule has 18 heavy (non-hydrogen) atoms. The van der Waals surface area contributed by atoms with Gasteiger partial charge in [0.2, 0.25) is 5.82 Å². The first-order valence-corrected chi connectivity index (χ1v) is 10.7. The third-order valence-electron chi connectivity index (χ3n) is 2.28. The number of carboxylic acid groups (broad SMARTS) is 1. The first-order valence-electron chi connectivity index (χ1n) is 5.45. The predicted octanol–water partition coefficient (Wildman–Crippen LogP) is 3.42. The van der Waals surface area contributed by atoms with Crippen LogP contribution in [-0.4, -0.2) is 35.3 Å². The molecular formula is C10H16Br2N2O3Si. The van der Waals surface area contributed by atoms with Crippen LogP contribution >= 0.6 is 31.9 Å². The molecule has 5 nitrogen and oxygen atoms in total. The van der Waals surface area contributed by atoms with Crippen molar-refractivity contribution in [3.05, 3.63) is 15.0 Å². The van der Waals surface area contributed by atoms with E-state index in [1.165, 1.54) is 4.57 Å². The zero-order chi connectivity index (χ0) is 13.9. The Morgan fingerprint density at radius 1 is 1.44 bits per heavy atom. The smallest absolute Gasteiger partial charge is 0.372 e. The predicted molar refractivity (Wildman–Crippen MR) is 78.7 cm³/mol. The van der Waals surface area contributed by atoms with Crippen molar-refractivity contribution in [2.24, 2.45) is 0 Å². The summed E-state index contributed by atoms with van der Waals surface area (Å²) in [6, 6.07) is 1.04. The van der Waals surface area contributed by atoms with E-state index in [1.807, 2.05) is 0 Å². The minimum absolute atomic E-state index is 0.0400. The van der Waals surface area contributed by atoms with E-state index in [-0.39, 0.29) is 12.6 Å². The number of carbonyl (C=O) groups is 1. The fraction of sp³-hybridized carbons (Fsp3) is 0.600. The highest BCUT2D eigenvalue weighted by Crippen LogP contribution is 2.24. The van der Waals surface area contributed by atoms with E-state index in [0.29, 0.717) is 15.8 Å². The highest BCUT2D eigenvalue weighted by atomic mass is 79.9. The Morgan fingerprint density at radius 2 is 2.06 bits per heavy atom. The molecule has 0 amide bonds. The second-order valence-electron chi connectivity index (χ2n) is 5.10. The lowest BCUT2D eigenvalue weighted by Crippen LogP contribution is -2.22. The summed E-state index contributed by atoms with van der Waals surface area (Å²) in [5.74, 6) is -1.11. The second kappa shape index (κ2) is 6.31. The Labute approximate surface area is 124 Å². The van der Waals surface area contributed by atoms with Crippen LogP contribution in [0.2, 0.25) is 25.7 Å². The molecule has 0 aliphatic carbocycles. The van der Waals surface area contributed by atoms with Crippen LogP contribution < -0.4 is 0 Å². The molecule has 1 rings (SSSR count). The summed E-state index contributed by atoms with van der Waals surface area (Å²) >= 11 is 6.46. The molecule has 0 aromatic carbocycles. The lowest BCUT2D eigenvalue weighted by molar-refractivity contribution is 0.0609. The zero-order valence-corrected chi connectivity index (χ0v) is 14.7. The van der Waals surface area contributed by atoms with E-state index in [2.05, 4.69) is 56.5 Å². The van der Waals surface area contributed by atoms with Gasteiger partial charge >= 0.3 is 5.97 Å². The van der Waals surface area contributed by atoms with Crippen molar-refractivity contribution in [2.45, 2.75) is 32.4 Å². The quantitative estimate of drug-likeness (QED) is 0.587. The lowest BCUT2D eigenvalue weighted by atomic mass is 10.6. The van der Waals surface area contributed by atoms with Gasteiger partial charge in [0.15, 0.2) is 0 Å². The number of hydrogen-bond donors (Lipinski definition) is 1. The second-order valence-corrected chi connectivity index (χ2v) is 12.2. The van der Waals surface area contributed by atoms with Gasteiger partial charge in [-0.2, -0.15) is 0 Å². The van der Waals surface area contributed by atoms with Crippen molar-refractivity contribution in [3.8, 4) is 0 Å². The van der Waals surface area contributed by atoms with Gasteiger partial charge in [0.05, 0.1) is 0 Å². The number of nitrogens with zero attached hydrogens (tertiary/aromatic N) is 2. The topological polar surface area (TPSA) is 64.3 Å². The molecule has 0 unspecified atom stereocenters. The monoisotopic (exact) mass is 398 g/mol. The van der Waals surface area contributed by atoms with Gasteiger partial charge in [0.1, 0.15) is 15.9 Å². The molecule has 0 spiro atoms. The van der Waals surface area contributed by atoms with Gasteiger partial charge in [-0.1, -0.05) is 19.6 Å². The summed E-state index contributed by atoms with van der Waals surface area (Å²) < 4.78 is 8.05. The molecule has 0 atom stereocenters. The van der Waals surface area contributed by atoms with Crippen molar-refractivity contribution in [1.82, 2.24) is 9.55 Å². The summed E-state index contributed by atoms with van der Waals surface area (Å²) in [6.45, 7) is 7.62. The van der Waals surface area contributed by atoms with Crippen LogP contribution in [0.5, 0.6) is 0 Å². The van der Waals surface area contributed by atoms with Crippen LogP contribution in [0.15, 0.2) is 9.21 Å². The number of halogens is 2. The Morgan fingerprint density at radius 3 is 2.56 bits per heavy atom. The Bertz CT molecular complexity index is 443. The van der Waals surface area contributed by atoms with Gasteiger partial charge in [0.25, 0.3) is 0 Å². The number of carboxylic acids is 1. The van der Waals surface area contributed by atoms with Crippen molar-refractivity contribution < 1.29 is 14.6 Å². The first kappa shape index (κ1) is 15.9. The van der Waals surface area contributed by atoms with E-state index in [1.54, 1.807) is 0 Å². The number of aromatic carboxylic acids is 1. The van der Waals surface area contributed by atoms with Crippen LogP contribution in [0.25, 0.3) is 0 Å². The fourth-order valence-electron chi connectivity index (χ4n) is 1.22. The van der Waals surface area contributed by atoms with Crippen LogP contribution in [-0.2, 0) is 11.5 Å². The molecule has 0 radical (unpaired) electrons. The Kier molecular flexibility index (Phi) is 5.57. The maximum absolute atomic E-state index is 11.0. The number of ether oxygens (including phenoxy) is 1. The maximum atomic E-state index is 11.0. The molecule has 1 N–H and O–H groups in total. The summed E-state index contributed by atoms with van der Waals surface area (Å²) in [6.07, 6.45) is 0. The van der Waals surface area contributed by atoms with Crippen molar-refractivity contribution >= 4 is 45.9 Å². The molecule has 1 heterocycles. The van der Waals surface area contributed by atoms with Crippen molar-refractivity contribution in [1.29, 1.82) is 0 Å². The molecule has 0 aliphatic rings. The largest absolute Gasteiger partial charge is 0.475 e. The molecule has 1 aromatic heterocycles. The van der Waals surface area contributed by atoms with Crippen LogP contribution in [0, 0.1) is 0 Å². The SMILES string of the molecule is C[Si](C)(C)CCOCn1c(C(=O)O)nc(Br)c1Br. The molecule has 1 aromatic rings. The van der Waals surface area contributed by atoms with Gasteiger partial charge in [-0.15, -0.1) is 0 Å². The van der Waals surface area contributed by atoms with Gasteiger partial charge in [-0.05, 0) is 37.9 Å². The van der Waals surface area contributed by atoms with Gasteiger partial charge in [0, 0.05) is 14.7 Å². The van der Waals surface area contributed by atoms with Crippen LogP contribution in [0.4, 0.5) is 0 Å². The minimum atomic E-state index is -1.13. The van der Waals surface area contributed by atoms with Gasteiger partial charge in [-0.25, -0.2) is 9.78 Å². The zero-order valence-electron chi connectivity index (χ0n) is 10.5.